The third-order valence-electron chi connectivity index (χ3n) is 5.51. The number of benzene rings is 1. The van der Waals surface area contributed by atoms with Crippen LogP contribution in [0.3, 0.4) is 0 Å². The number of halogens is 2. The Kier molecular flexibility index (Phi) is 3.32. The summed E-state index contributed by atoms with van der Waals surface area (Å²) in [6, 6.07) is 5.43. The average Bonchev–Trinajstić information content (AvgIpc) is 3.06. The van der Waals surface area contributed by atoms with E-state index >= 15 is 0 Å². The number of carbonyl (C=O) groups is 2. The van der Waals surface area contributed by atoms with E-state index in [9.17, 15) is 18.4 Å². The molecule has 2 atom stereocenters. The van der Waals surface area contributed by atoms with Crippen LogP contribution in [0.4, 0.5) is 14.5 Å². The molecule has 1 aromatic heterocycles. The lowest BCUT2D eigenvalue weighted by Gasteiger charge is -2.44. The number of nitrogens with one attached hydrogen (secondary N) is 1. The van der Waals surface area contributed by atoms with Gasteiger partial charge in [-0.25, -0.2) is 8.78 Å². The molecular formula is C18H17F2N3O2. The molecule has 130 valence electrons. The van der Waals surface area contributed by atoms with Crippen molar-refractivity contribution >= 4 is 17.4 Å². The Hall–Kier alpha value is -2.57. The van der Waals surface area contributed by atoms with Crippen LogP contribution in [0.5, 0.6) is 0 Å². The lowest BCUT2D eigenvalue weighted by Crippen LogP contribution is -2.43. The maximum Gasteiger partial charge on any atom is 0.282 e. The smallest absolute Gasteiger partial charge is 0.282 e. The zero-order valence-electron chi connectivity index (χ0n) is 13.8. The Labute approximate surface area is 143 Å². The molecule has 2 aliphatic carbocycles. The Morgan fingerprint density at radius 1 is 1.44 bits per heavy atom. The highest BCUT2D eigenvalue weighted by atomic mass is 19.3. The van der Waals surface area contributed by atoms with Crippen LogP contribution in [0.15, 0.2) is 24.4 Å². The molecule has 0 radical (unpaired) electrons. The summed E-state index contributed by atoms with van der Waals surface area (Å²) < 4.78 is 27.3. The van der Waals surface area contributed by atoms with Gasteiger partial charge in [0.15, 0.2) is 0 Å². The molecule has 0 spiro atoms. The van der Waals surface area contributed by atoms with E-state index in [1.807, 2.05) is 13.0 Å². The molecule has 2 aromatic rings. The summed E-state index contributed by atoms with van der Waals surface area (Å²) in [5.41, 5.74) is 1.32. The van der Waals surface area contributed by atoms with Crippen molar-refractivity contribution in [3.8, 4) is 0 Å². The molecule has 0 saturated heterocycles. The summed E-state index contributed by atoms with van der Waals surface area (Å²) in [6.45, 7) is 1.94. The molecular weight excluding hydrogens is 328 g/mol. The van der Waals surface area contributed by atoms with Crippen molar-refractivity contribution in [1.29, 1.82) is 0 Å². The van der Waals surface area contributed by atoms with Crippen LogP contribution in [-0.4, -0.2) is 21.5 Å². The van der Waals surface area contributed by atoms with E-state index in [2.05, 4.69) is 10.4 Å². The molecule has 1 unspecified atom stereocenters. The Morgan fingerprint density at radius 2 is 2.20 bits per heavy atom. The van der Waals surface area contributed by atoms with Crippen molar-refractivity contribution in [2.45, 2.75) is 37.5 Å². The third-order valence-corrected chi connectivity index (χ3v) is 5.51. The Bertz CT molecular complexity index is 906. The molecule has 0 bridgehead atoms. The van der Waals surface area contributed by atoms with Gasteiger partial charge < -0.3 is 5.32 Å². The van der Waals surface area contributed by atoms with E-state index in [0.717, 1.165) is 17.5 Å². The number of hydrogen-bond donors (Lipinski definition) is 1. The highest BCUT2D eigenvalue weighted by Crippen LogP contribution is 2.61. The topological polar surface area (TPSA) is 64.0 Å². The number of ketones is 1. The van der Waals surface area contributed by atoms with Crippen molar-refractivity contribution in [3.05, 3.63) is 46.8 Å². The van der Waals surface area contributed by atoms with Crippen molar-refractivity contribution in [3.63, 3.8) is 0 Å². The summed E-state index contributed by atoms with van der Waals surface area (Å²) in [5, 5.41) is 6.40. The first kappa shape index (κ1) is 15.9. The van der Waals surface area contributed by atoms with Crippen molar-refractivity contribution in [1.82, 2.24) is 9.78 Å². The molecule has 1 aromatic carbocycles. The fourth-order valence-corrected chi connectivity index (χ4v) is 4.25. The fourth-order valence-electron chi connectivity index (χ4n) is 4.25. The van der Waals surface area contributed by atoms with Gasteiger partial charge in [-0.1, -0.05) is 12.1 Å². The predicted molar refractivity (Wildman–Crippen MR) is 86.9 cm³/mol. The van der Waals surface area contributed by atoms with Gasteiger partial charge in [0.25, 0.3) is 12.3 Å². The summed E-state index contributed by atoms with van der Waals surface area (Å²) in [4.78, 5) is 24.7. The van der Waals surface area contributed by atoms with Crippen LogP contribution in [0.1, 0.15) is 59.3 Å². The van der Waals surface area contributed by atoms with Gasteiger partial charge in [-0.2, -0.15) is 5.10 Å². The number of aryl methyl sites for hydroxylation is 1. The van der Waals surface area contributed by atoms with Crippen molar-refractivity contribution in [2.24, 2.45) is 7.05 Å². The minimum absolute atomic E-state index is 0.0787. The molecule has 7 heteroatoms. The highest BCUT2D eigenvalue weighted by molar-refractivity contribution is 6.07. The first-order valence-electron chi connectivity index (χ1n) is 8.13. The molecule has 1 N–H and O–H groups in total. The molecule has 1 saturated carbocycles. The molecule has 1 fully saturated rings. The third kappa shape index (κ3) is 2.08. The minimum Gasteiger partial charge on any atom is -0.322 e. The number of amides is 1. The van der Waals surface area contributed by atoms with E-state index in [1.54, 1.807) is 12.1 Å². The number of anilines is 1. The summed E-state index contributed by atoms with van der Waals surface area (Å²) in [6.07, 6.45) is -0.252. The van der Waals surface area contributed by atoms with E-state index in [-0.39, 0.29) is 17.3 Å². The zero-order chi connectivity index (χ0) is 17.9. The molecule has 25 heavy (non-hydrogen) atoms. The number of Topliss-reactive ketones (excluding diaryl/α,β-unsaturated/α-hetero) is 1. The minimum atomic E-state index is -2.82. The number of alkyl halides is 2. The van der Waals surface area contributed by atoms with Gasteiger partial charge in [-0.05, 0) is 30.5 Å². The van der Waals surface area contributed by atoms with E-state index in [1.165, 1.54) is 17.9 Å². The monoisotopic (exact) mass is 345 g/mol. The van der Waals surface area contributed by atoms with Gasteiger partial charge >= 0.3 is 0 Å². The SMILES string of the molecule is Cn1cc(C(=O)Nc2cccc3c2C2CCC(=O)[C@@]32C)c(C(F)F)n1. The van der Waals surface area contributed by atoms with Gasteiger partial charge in [-0.15, -0.1) is 0 Å². The maximum absolute atomic E-state index is 13.1. The Balaban J connectivity index is 1.68. The van der Waals surface area contributed by atoms with E-state index in [4.69, 9.17) is 0 Å². The summed E-state index contributed by atoms with van der Waals surface area (Å²) >= 11 is 0. The van der Waals surface area contributed by atoms with E-state index in [0.29, 0.717) is 12.1 Å². The number of aromatic nitrogens is 2. The van der Waals surface area contributed by atoms with Crippen LogP contribution in [0.25, 0.3) is 0 Å². The van der Waals surface area contributed by atoms with Crippen molar-refractivity contribution < 1.29 is 18.4 Å². The lowest BCUT2D eigenvalue weighted by molar-refractivity contribution is -0.122. The molecule has 5 nitrogen and oxygen atoms in total. The maximum atomic E-state index is 13.1. The molecule has 0 aliphatic heterocycles. The first-order valence-corrected chi connectivity index (χ1v) is 8.13. The highest BCUT2D eigenvalue weighted by Gasteiger charge is 2.57. The van der Waals surface area contributed by atoms with Crippen LogP contribution in [0, 0.1) is 0 Å². The largest absolute Gasteiger partial charge is 0.322 e. The second-order valence-electron chi connectivity index (χ2n) is 6.84. The van der Waals surface area contributed by atoms with E-state index < -0.39 is 23.4 Å². The van der Waals surface area contributed by atoms with Gasteiger partial charge in [0.05, 0.1) is 11.0 Å². The molecule has 1 amide bonds. The predicted octanol–water partition coefficient (Wildman–Crippen LogP) is 3.33. The number of nitrogens with zero attached hydrogens (tertiary/aromatic N) is 2. The number of carbonyl (C=O) groups excluding carboxylic acids is 2. The van der Waals surface area contributed by atoms with Gasteiger partial charge in [0.1, 0.15) is 11.5 Å². The van der Waals surface area contributed by atoms with Crippen LogP contribution in [0.2, 0.25) is 0 Å². The molecule has 4 rings (SSSR count). The standard InChI is InChI=1S/C18H17F2N3O2/c1-18-10-4-3-5-12(14(10)11(18)6-7-13(18)24)21-17(25)9-8-23(2)22-15(9)16(19)20/h3-5,8,11,16H,6-7H2,1-2H3,(H,21,25)/t11?,18-/m0/s1. The number of fused-ring (bicyclic) bond motifs is 4. The fraction of sp³-hybridized carbons (Fsp3) is 0.389. The Morgan fingerprint density at radius 3 is 2.92 bits per heavy atom. The van der Waals surface area contributed by atoms with Gasteiger partial charge in [0.2, 0.25) is 0 Å². The lowest BCUT2D eigenvalue weighted by atomic mass is 9.58. The number of rotatable bonds is 3. The summed E-state index contributed by atoms with van der Waals surface area (Å²) in [5.74, 6) is -0.314. The van der Waals surface area contributed by atoms with Gasteiger partial charge in [0, 0.05) is 31.3 Å². The van der Waals surface area contributed by atoms with Crippen molar-refractivity contribution in [2.75, 3.05) is 5.32 Å². The van der Waals surface area contributed by atoms with Crippen LogP contribution < -0.4 is 5.32 Å². The molecule has 1 heterocycles. The second kappa shape index (κ2) is 5.21. The second-order valence-corrected chi connectivity index (χ2v) is 6.84. The van der Waals surface area contributed by atoms with Gasteiger partial charge in [-0.3, -0.25) is 14.3 Å². The van der Waals surface area contributed by atoms with Crippen LogP contribution in [-0.2, 0) is 17.3 Å². The summed E-state index contributed by atoms with van der Waals surface area (Å²) in [7, 11) is 1.49. The normalized spacial score (nSPS) is 24.0. The first-order chi connectivity index (χ1) is 11.8. The molecule has 2 aliphatic rings. The average molecular weight is 345 g/mol. The van der Waals surface area contributed by atoms with Crippen LogP contribution >= 0.6 is 0 Å². The zero-order valence-corrected chi connectivity index (χ0v) is 13.8. The number of hydrogen-bond acceptors (Lipinski definition) is 3. The quantitative estimate of drug-likeness (QED) is 0.928.